The summed E-state index contributed by atoms with van der Waals surface area (Å²) in [5, 5.41) is 7.42. The van der Waals surface area contributed by atoms with Gasteiger partial charge in [-0.05, 0) is 72.9 Å². The normalized spacial score (nSPS) is 12.7. The lowest BCUT2D eigenvalue weighted by Gasteiger charge is -2.22. The molecule has 0 spiro atoms. The number of carbonyl (C=O) groups is 2. The zero-order valence-corrected chi connectivity index (χ0v) is 21.4. The van der Waals surface area contributed by atoms with Crippen LogP contribution in [-0.4, -0.2) is 45.0 Å². The number of aryl methyl sites for hydroxylation is 3. The number of hydrogen-bond donors (Lipinski definition) is 2. The van der Waals surface area contributed by atoms with Gasteiger partial charge in [0.2, 0.25) is 0 Å². The first kappa shape index (κ1) is 25.9. The molecule has 1 amide bonds. The van der Waals surface area contributed by atoms with E-state index >= 15 is 0 Å². The summed E-state index contributed by atoms with van der Waals surface area (Å²) in [6, 6.07) is 15.4. The van der Waals surface area contributed by atoms with Crippen LogP contribution >= 0.6 is 0 Å². The van der Waals surface area contributed by atoms with Gasteiger partial charge in [0, 0.05) is 26.0 Å². The summed E-state index contributed by atoms with van der Waals surface area (Å²) in [5.41, 5.74) is 6.80. The van der Waals surface area contributed by atoms with Gasteiger partial charge in [-0.25, -0.2) is 9.37 Å². The molecular weight excluding hydrogens is 473 g/mol. The number of hydrogen-bond acceptors (Lipinski definition) is 4. The number of carboxylic acid groups (broad SMARTS) is 1. The molecule has 2 heterocycles. The fourth-order valence-electron chi connectivity index (χ4n) is 4.47. The number of rotatable bonds is 3. The third-order valence-electron chi connectivity index (χ3n) is 6.26. The number of nitrogens with one attached hydrogen (secondary N) is 1. The molecule has 1 aliphatic rings. The molecule has 1 aliphatic heterocycles. The number of aromatic amines is 1. The Kier molecular flexibility index (Phi) is 7.57. The summed E-state index contributed by atoms with van der Waals surface area (Å²) in [4.78, 5) is 31.9. The standard InChI is InChI=1S/C27H26FN3O2.C2H4O2.H2/c1-4-18-11-16(2)23(28)14-22(18)27(32)31-9-10-33-26-8-6-19(12-21(26)15-31)20-5-7-24-25(13-20)30-17(3)29-24;1-2(3)4;/h5-8,11-14H,4,9-10,15H2,1-3H3,(H,29,30);1H3,(H,3,4);1H. The minimum absolute atomic E-state index is 0. The lowest BCUT2D eigenvalue weighted by molar-refractivity contribution is -0.134. The van der Waals surface area contributed by atoms with Crippen LogP contribution in [0.15, 0.2) is 48.5 Å². The van der Waals surface area contributed by atoms with Crippen LogP contribution in [0.3, 0.4) is 0 Å². The fraction of sp³-hybridized carbons (Fsp3) is 0.276. The molecule has 0 fully saturated rings. The average molecular weight is 506 g/mol. The van der Waals surface area contributed by atoms with Crippen LogP contribution in [0.25, 0.3) is 22.2 Å². The van der Waals surface area contributed by atoms with Gasteiger partial charge in [0.1, 0.15) is 24.0 Å². The summed E-state index contributed by atoms with van der Waals surface area (Å²) in [7, 11) is 0. The number of nitrogens with zero attached hydrogens (tertiary/aromatic N) is 2. The second-order valence-corrected chi connectivity index (χ2v) is 9.08. The highest BCUT2D eigenvalue weighted by Crippen LogP contribution is 2.31. The Labute approximate surface area is 216 Å². The number of imidazole rings is 1. The van der Waals surface area contributed by atoms with Crippen LogP contribution in [0.4, 0.5) is 4.39 Å². The number of aromatic nitrogens is 2. The second kappa shape index (κ2) is 10.8. The Bertz CT molecular complexity index is 1480. The monoisotopic (exact) mass is 505 g/mol. The van der Waals surface area contributed by atoms with Crippen molar-refractivity contribution in [3.8, 4) is 16.9 Å². The van der Waals surface area contributed by atoms with Gasteiger partial charge in [0.15, 0.2) is 0 Å². The second-order valence-electron chi connectivity index (χ2n) is 9.08. The van der Waals surface area contributed by atoms with Gasteiger partial charge >= 0.3 is 0 Å². The van der Waals surface area contributed by atoms with Gasteiger partial charge in [-0.15, -0.1) is 0 Å². The van der Waals surface area contributed by atoms with Crippen LogP contribution in [0.1, 0.15) is 48.1 Å². The summed E-state index contributed by atoms with van der Waals surface area (Å²) in [6.07, 6.45) is 0.669. The van der Waals surface area contributed by atoms with Gasteiger partial charge in [0.05, 0.1) is 17.6 Å². The van der Waals surface area contributed by atoms with E-state index in [4.69, 9.17) is 14.6 Å². The molecule has 4 aromatic rings. The number of ether oxygens (including phenoxy) is 1. The first-order chi connectivity index (χ1) is 17.7. The van der Waals surface area contributed by atoms with Crippen molar-refractivity contribution in [3.05, 3.63) is 82.4 Å². The van der Waals surface area contributed by atoms with E-state index in [1.165, 1.54) is 6.07 Å². The van der Waals surface area contributed by atoms with Crippen molar-refractivity contribution in [2.24, 2.45) is 0 Å². The predicted octanol–water partition coefficient (Wildman–Crippen LogP) is 5.92. The molecule has 0 radical (unpaired) electrons. The third-order valence-corrected chi connectivity index (χ3v) is 6.26. The Morgan fingerprint density at radius 1 is 1.14 bits per heavy atom. The smallest absolute Gasteiger partial charge is 0.300 e. The predicted molar refractivity (Wildman–Crippen MR) is 142 cm³/mol. The number of amides is 1. The number of fused-ring (bicyclic) bond motifs is 2. The Morgan fingerprint density at radius 3 is 2.57 bits per heavy atom. The molecule has 0 bridgehead atoms. The molecule has 0 atom stereocenters. The van der Waals surface area contributed by atoms with Gasteiger partial charge < -0.3 is 19.7 Å². The molecule has 1 aromatic heterocycles. The van der Waals surface area contributed by atoms with Gasteiger partial charge in [-0.3, -0.25) is 9.59 Å². The van der Waals surface area contributed by atoms with E-state index in [-0.39, 0.29) is 13.2 Å². The van der Waals surface area contributed by atoms with Crippen molar-refractivity contribution in [3.63, 3.8) is 0 Å². The molecule has 8 heteroatoms. The number of halogens is 1. The number of benzene rings is 3. The van der Waals surface area contributed by atoms with Crippen molar-refractivity contribution in [1.82, 2.24) is 14.9 Å². The minimum Gasteiger partial charge on any atom is -0.491 e. The first-order valence-electron chi connectivity index (χ1n) is 12.2. The number of carboxylic acids is 1. The van der Waals surface area contributed by atoms with Crippen LogP contribution < -0.4 is 4.74 Å². The van der Waals surface area contributed by atoms with E-state index in [9.17, 15) is 9.18 Å². The molecule has 0 unspecified atom stereocenters. The molecule has 0 saturated carbocycles. The topological polar surface area (TPSA) is 95.5 Å². The van der Waals surface area contributed by atoms with Crippen LogP contribution in [0.2, 0.25) is 0 Å². The average Bonchev–Trinajstić information content (AvgIpc) is 3.10. The largest absolute Gasteiger partial charge is 0.491 e. The highest BCUT2D eigenvalue weighted by Gasteiger charge is 2.24. The van der Waals surface area contributed by atoms with Crippen molar-refractivity contribution in [2.75, 3.05) is 13.2 Å². The molecule has 0 saturated heterocycles. The maximum Gasteiger partial charge on any atom is 0.300 e. The van der Waals surface area contributed by atoms with Crippen molar-refractivity contribution < 1.29 is 25.2 Å². The summed E-state index contributed by atoms with van der Waals surface area (Å²) in [6.45, 7) is 7.98. The molecule has 194 valence electrons. The quantitative estimate of drug-likeness (QED) is 0.360. The zero-order valence-electron chi connectivity index (χ0n) is 21.4. The van der Waals surface area contributed by atoms with E-state index in [0.29, 0.717) is 37.2 Å². The number of aliphatic carboxylic acids is 1. The maximum atomic E-state index is 14.3. The summed E-state index contributed by atoms with van der Waals surface area (Å²) in [5.74, 6) is 0.305. The van der Waals surface area contributed by atoms with Crippen molar-refractivity contribution in [2.45, 2.75) is 40.7 Å². The Morgan fingerprint density at radius 2 is 1.84 bits per heavy atom. The highest BCUT2D eigenvalue weighted by molar-refractivity contribution is 5.96. The van der Waals surface area contributed by atoms with E-state index < -0.39 is 5.97 Å². The fourth-order valence-corrected chi connectivity index (χ4v) is 4.47. The molecule has 2 N–H and O–H groups in total. The van der Waals surface area contributed by atoms with Crippen molar-refractivity contribution in [1.29, 1.82) is 0 Å². The van der Waals surface area contributed by atoms with E-state index in [1.807, 2.05) is 38.1 Å². The Hall–Kier alpha value is -4.20. The minimum atomic E-state index is -0.833. The number of H-pyrrole nitrogens is 1. The molecule has 0 aliphatic carbocycles. The molecule has 7 nitrogen and oxygen atoms in total. The van der Waals surface area contributed by atoms with Crippen LogP contribution in [0.5, 0.6) is 5.75 Å². The van der Waals surface area contributed by atoms with Gasteiger partial charge in [0.25, 0.3) is 11.9 Å². The lowest BCUT2D eigenvalue weighted by Crippen LogP contribution is -2.33. The highest BCUT2D eigenvalue weighted by atomic mass is 19.1. The van der Waals surface area contributed by atoms with E-state index in [0.717, 1.165) is 51.8 Å². The Balaban J connectivity index is 0.000000749. The van der Waals surface area contributed by atoms with E-state index in [1.54, 1.807) is 17.9 Å². The third kappa shape index (κ3) is 5.80. The summed E-state index contributed by atoms with van der Waals surface area (Å²) >= 11 is 0. The molecular formula is C29H32FN3O4. The molecule has 37 heavy (non-hydrogen) atoms. The van der Waals surface area contributed by atoms with Gasteiger partial charge in [-0.2, -0.15) is 0 Å². The van der Waals surface area contributed by atoms with E-state index in [2.05, 4.69) is 22.1 Å². The maximum absolute atomic E-state index is 14.3. The molecule has 5 rings (SSSR count). The zero-order chi connectivity index (χ0) is 26.7. The SMILES string of the molecule is CC(=O)O.CCc1cc(C)c(F)cc1C(=O)N1CCOc2ccc(-c3ccc4nc(C)[nH]c4c3)cc2C1.[HH]. The first-order valence-corrected chi connectivity index (χ1v) is 12.2. The number of carbonyl (C=O) groups excluding carboxylic acids is 1. The van der Waals surface area contributed by atoms with Crippen molar-refractivity contribution >= 4 is 22.9 Å². The lowest BCUT2D eigenvalue weighted by atomic mass is 9.99. The molecule has 3 aromatic carbocycles. The van der Waals surface area contributed by atoms with Crippen LogP contribution in [0, 0.1) is 19.7 Å². The van der Waals surface area contributed by atoms with Crippen LogP contribution in [-0.2, 0) is 17.8 Å². The summed E-state index contributed by atoms with van der Waals surface area (Å²) < 4.78 is 20.2. The van der Waals surface area contributed by atoms with Gasteiger partial charge in [-0.1, -0.05) is 25.1 Å².